The molecule has 1 unspecified atom stereocenters. The molecule has 1 atom stereocenters. The zero-order valence-corrected chi connectivity index (χ0v) is 13.8. The lowest BCUT2D eigenvalue weighted by molar-refractivity contribution is 0.0710. The van der Waals surface area contributed by atoms with Crippen LogP contribution in [0, 0.1) is 5.82 Å². The van der Waals surface area contributed by atoms with E-state index in [1.165, 1.54) is 18.2 Å². The molecule has 0 radical (unpaired) electrons. The number of carbonyl (C=O) groups is 1. The molecular formula is C17H18ClFN2O2. The largest absolute Gasteiger partial charge is 0.359 e. The van der Waals surface area contributed by atoms with Gasteiger partial charge in [-0.2, -0.15) is 0 Å². The fourth-order valence-corrected chi connectivity index (χ4v) is 3.13. The zero-order valence-electron chi connectivity index (χ0n) is 13.1. The van der Waals surface area contributed by atoms with E-state index in [1.807, 2.05) is 19.9 Å². The van der Waals surface area contributed by atoms with Crippen LogP contribution in [0.1, 0.15) is 60.5 Å². The van der Waals surface area contributed by atoms with Crippen LogP contribution in [0.4, 0.5) is 4.39 Å². The number of aromatic nitrogens is 1. The van der Waals surface area contributed by atoms with Gasteiger partial charge in [-0.15, -0.1) is 0 Å². The van der Waals surface area contributed by atoms with Gasteiger partial charge in [-0.3, -0.25) is 4.79 Å². The van der Waals surface area contributed by atoms with E-state index in [2.05, 4.69) is 5.16 Å². The van der Waals surface area contributed by atoms with Gasteiger partial charge in [0.05, 0.1) is 22.3 Å². The van der Waals surface area contributed by atoms with Crippen molar-refractivity contribution in [1.29, 1.82) is 0 Å². The smallest absolute Gasteiger partial charge is 0.258 e. The fourth-order valence-electron chi connectivity index (χ4n) is 2.88. The third-order valence-electron chi connectivity index (χ3n) is 4.16. The van der Waals surface area contributed by atoms with Gasteiger partial charge in [0.2, 0.25) is 0 Å². The average Bonchev–Trinajstić information content (AvgIpc) is 3.15. The summed E-state index contributed by atoms with van der Waals surface area (Å²) in [5.41, 5.74) is 0.771. The molecule has 23 heavy (non-hydrogen) atoms. The van der Waals surface area contributed by atoms with E-state index >= 15 is 0 Å². The van der Waals surface area contributed by atoms with Gasteiger partial charge in [0, 0.05) is 12.6 Å². The topological polar surface area (TPSA) is 46.3 Å². The molecule has 0 saturated carbocycles. The van der Waals surface area contributed by atoms with E-state index < -0.39 is 11.7 Å². The Labute approximate surface area is 139 Å². The first-order valence-corrected chi connectivity index (χ1v) is 8.08. The second-order valence-corrected chi connectivity index (χ2v) is 6.47. The Balaban J connectivity index is 1.90. The van der Waals surface area contributed by atoms with E-state index in [9.17, 15) is 9.18 Å². The van der Waals surface area contributed by atoms with Crippen LogP contribution in [0.2, 0.25) is 5.02 Å². The molecule has 1 aliphatic heterocycles. The standard InChI is InChI=1S/C17H18ClFN2O2/c1-10(2)13-9-15(23-20-13)14-7-4-8-21(14)17(22)16-11(18)5-3-6-12(16)19/h3,5-6,9-10,14H,4,7-8H2,1-2H3. The Morgan fingerprint density at radius 2 is 2.26 bits per heavy atom. The molecule has 1 saturated heterocycles. The summed E-state index contributed by atoms with van der Waals surface area (Å²) in [4.78, 5) is 14.4. The number of benzene rings is 1. The van der Waals surface area contributed by atoms with Gasteiger partial charge in [0.1, 0.15) is 5.82 Å². The lowest BCUT2D eigenvalue weighted by atomic mass is 10.1. The molecule has 0 spiro atoms. The highest BCUT2D eigenvalue weighted by atomic mass is 35.5. The molecule has 6 heteroatoms. The summed E-state index contributed by atoms with van der Waals surface area (Å²) in [7, 11) is 0. The van der Waals surface area contributed by atoms with Crippen molar-refractivity contribution in [1.82, 2.24) is 10.1 Å². The number of amides is 1. The van der Waals surface area contributed by atoms with Crippen molar-refractivity contribution in [2.45, 2.75) is 38.6 Å². The number of likely N-dealkylation sites (tertiary alicyclic amines) is 1. The maximum absolute atomic E-state index is 14.0. The monoisotopic (exact) mass is 336 g/mol. The van der Waals surface area contributed by atoms with Gasteiger partial charge in [-0.25, -0.2) is 4.39 Å². The summed E-state index contributed by atoms with van der Waals surface area (Å²) in [6, 6.07) is 5.91. The molecule has 1 aliphatic rings. The van der Waals surface area contributed by atoms with Crippen molar-refractivity contribution in [3.05, 3.63) is 52.1 Å². The van der Waals surface area contributed by atoms with Gasteiger partial charge < -0.3 is 9.42 Å². The Morgan fingerprint density at radius 1 is 1.48 bits per heavy atom. The average molecular weight is 337 g/mol. The normalized spacial score (nSPS) is 18.0. The molecule has 0 aliphatic carbocycles. The summed E-state index contributed by atoms with van der Waals surface area (Å²) in [5, 5.41) is 4.17. The van der Waals surface area contributed by atoms with Crippen molar-refractivity contribution >= 4 is 17.5 Å². The Hall–Kier alpha value is -1.88. The first kappa shape index (κ1) is 16.0. The van der Waals surface area contributed by atoms with Gasteiger partial charge in [0.15, 0.2) is 5.76 Å². The van der Waals surface area contributed by atoms with Gasteiger partial charge >= 0.3 is 0 Å². The first-order chi connectivity index (χ1) is 11.0. The number of hydrogen-bond acceptors (Lipinski definition) is 3. The minimum Gasteiger partial charge on any atom is -0.359 e. The van der Waals surface area contributed by atoms with Crippen LogP contribution in [0.3, 0.4) is 0 Å². The molecule has 1 aromatic carbocycles. The quantitative estimate of drug-likeness (QED) is 0.825. The molecule has 1 amide bonds. The summed E-state index contributed by atoms with van der Waals surface area (Å²) < 4.78 is 19.4. The molecule has 4 nitrogen and oxygen atoms in total. The third kappa shape index (κ3) is 2.98. The molecular weight excluding hydrogens is 319 g/mol. The van der Waals surface area contributed by atoms with Crippen molar-refractivity contribution in [2.75, 3.05) is 6.54 Å². The van der Waals surface area contributed by atoms with E-state index in [4.69, 9.17) is 16.1 Å². The van der Waals surface area contributed by atoms with E-state index in [0.717, 1.165) is 18.5 Å². The van der Waals surface area contributed by atoms with E-state index in [0.29, 0.717) is 12.3 Å². The summed E-state index contributed by atoms with van der Waals surface area (Å²) in [6.45, 7) is 4.60. The second kappa shape index (κ2) is 6.32. The maximum atomic E-state index is 14.0. The Kier molecular flexibility index (Phi) is 4.39. The van der Waals surface area contributed by atoms with Crippen LogP contribution in [-0.4, -0.2) is 22.5 Å². The predicted octanol–water partition coefficient (Wildman–Crippen LogP) is 4.57. The minimum absolute atomic E-state index is 0.0790. The minimum atomic E-state index is -0.603. The molecule has 2 aromatic rings. The van der Waals surface area contributed by atoms with Crippen LogP contribution in [0.15, 0.2) is 28.8 Å². The first-order valence-electron chi connectivity index (χ1n) is 7.70. The van der Waals surface area contributed by atoms with Crippen LogP contribution >= 0.6 is 11.6 Å². The predicted molar refractivity (Wildman–Crippen MR) is 85.0 cm³/mol. The van der Waals surface area contributed by atoms with E-state index in [-0.39, 0.29) is 22.5 Å². The van der Waals surface area contributed by atoms with Crippen molar-refractivity contribution in [3.8, 4) is 0 Å². The molecule has 1 aromatic heterocycles. The van der Waals surface area contributed by atoms with Crippen LogP contribution in [-0.2, 0) is 0 Å². The number of nitrogens with zero attached hydrogens (tertiary/aromatic N) is 2. The third-order valence-corrected chi connectivity index (χ3v) is 4.47. The Morgan fingerprint density at radius 3 is 2.91 bits per heavy atom. The fraction of sp³-hybridized carbons (Fsp3) is 0.412. The van der Waals surface area contributed by atoms with Crippen LogP contribution in [0.5, 0.6) is 0 Å². The summed E-state index contributed by atoms with van der Waals surface area (Å²) in [5.74, 6) is -0.113. The molecule has 1 fully saturated rings. The van der Waals surface area contributed by atoms with Crippen molar-refractivity contribution in [3.63, 3.8) is 0 Å². The molecule has 0 N–H and O–H groups in total. The zero-order chi connectivity index (χ0) is 16.6. The Bertz CT molecular complexity index is 709. The lowest BCUT2D eigenvalue weighted by Crippen LogP contribution is -2.31. The molecule has 3 rings (SSSR count). The van der Waals surface area contributed by atoms with Crippen molar-refractivity contribution < 1.29 is 13.7 Å². The summed E-state index contributed by atoms with van der Waals surface area (Å²) >= 11 is 6.02. The summed E-state index contributed by atoms with van der Waals surface area (Å²) in [6.07, 6.45) is 1.60. The maximum Gasteiger partial charge on any atom is 0.258 e. The SMILES string of the molecule is CC(C)c1cc(C2CCCN2C(=O)c2c(F)cccc2Cl)on1. The van der Waals surface area contributed by atoms with Gasteiger partial charge in [-0.05, 0) is 30.9 Å². The van der Waals surface area contributed by atoms with Gasteiger partial charge in [0.25, 0.3) is 5.91 Å². The molecule has 122 valence electrons. The number of carbonyl (C=O) groups excluding carboxylic acids is 1. The number of halogens is 2. The highest BCUT2D eigenvalue weighted by Crippen LogP contribution is 2.35. The van der Waals surface area contributed by atoms with Crippen LogP contribution < -0.4 is 0 Å². The van der Waals surface area contributed by atoms with Gasteiger partial charge in [-0.1, -0.05) is 36.7 Å². The second-order valence-electron chi connectivity index (χ2n) is 6.06. The number of rotatable bonds is 3. The van der Waals surface area contributed by atoms with Crippen LogP contribution in [0.25, 0.3) is 0 Å². The number of hydrogen-bond donors (Lipinski definition) is 0. The van der Waals surface area contributed by atoms with Crippen molar-refractivity contribution in [2.24, 2.45) is 0 Å². The molecule has 2 heterocycles. The lowest BCUT2D eigenvalue weighted by Gasteiger charge is -2.23. The highest BCUT2D eigenvalue weighted by Gasteiger charge is 2.35. The van der Waals surface area contributed by atoms with E-state index in [1.54, 1.807) is 4.90 Å². The highest BCUT2D eigenvalue weighted by molar-refractivity contribution is 6.33. The molecule has 0 bridgehead atoms.